The standard InChI is InChI=1S/C20H13FN4O/c21-14-9-7-13(8-10-14)12-24-16-5-1-2-6-17(16)25-18-15(4-3-11-22-18)19(26)23-20(24)25/h1-11H,12H2. The summed E-state index contributed by atoms with van der Waals surface area (Å²) < 4.78 is 17.1. The van der Waals surface area contributed by atoms with E-state index in [2.05, 4.69) is 9.97 Å². The summed E-state index contributed by atoms with van der Waals surface area (Å²) in [6.45, 7) is 0.474. The van der Waals surface area contributed by atoms with Crippen molar-refractivity contribution in [2.45, 2.75) is 6.54 Å². The Kier molecular flexibility index (Phi) is 3.12. The van der Waals surface area contributed by atoms with Crippen molar-refractivity contribution >= 4 is 27.8 Å². The number of nitrogens with zero attached hydrogens (tertiary/aromatic N) is 4. The number of hydrogen-bond donors (Lipinski definition) is 0. The van der Waals surface area contributed by atoms with Gasteiger partial charge in [0, 0.05) is 6.20 Å². The zero-order chi connectivity index (χ0) is 17.7. The third kappa shape index (κ3) is 2.12. The number of hydrogen-bond acceptors (Lipinski definition) is 3. The molecule has 5 nitrogen and oxygen atoms in total. The lowest BCUT2D eigenvalue weighted by Crippen LogP contribution is -2.13. The number of rotatable bonds is 2. The summed E-state index contributed by atoms with van der Waals surface area (Å²) in [5.74, 6) is 0.243. The van der Waals surface area contributed by atoms with E-state index in [1.165, 1.54) is 12.1 Å². The van der Waals surface area contributed by atoms with Gasteiger partial charge in [-0.3, -0.25) is 9.20 Å². The molecule has 0 atom stereocenters. The molecule has 0 aliphatic carbocycles. The molecule has 0 N–H and O–H groups in total. The minimum atomic E-state index is -0.309. The first kappa shape index (κ1) is 14.8. The third-order valence-electron chi connectivity index (χ3n) is 4.54. The molecular formula is C20H13FN4O. The molecule has 2 aromatic carbocycles. The van der Waals surface area contributed by atoms with Crippen LogP contribution in [0.1, 0.15) is 5.56 Å². The third-order valence-corrected chi connectivity index (χ3v) is 4.54. The van der Waals surface area contributed by atoms with E-state index < -0.39 is 0 Å². The average molecular weight is 344 g/mol. The molecule has 0 radical (unpaired) electrons. The predicted octanol–water partition coefficient (Wildman–Crippen LogP) is 3.38. The molecule has 6 heteroatoms. The molecular weight excluding hydrogens is 331 g/mol. The van der Waals surface area contributed by atoms with Gasteiger partial charge in [-0.1, -0.05) is 24.3 Å². The molecule has 0 amide bonds. The molecule has 126 valence electrons. The first-order valence-electron chi connectivity index (χ1n) is 8.21. The molecule has 0 saturated heterocycles. The fourth-order valence-corrected chi connectivity index (χ4v) is 3.36. The largest absolute Gasteiger partial charge is 0.305 e. The second-order valence-corrected chi connectivity index (χ2v) is 6.13. The quantitative estimate of drug-likeness (QED) is 0.493. The molecule has 5 aromatic rings. The lowest BCUT2D eigenvalue weighted by Gasteiger charge is -2.06. The van der Waals surface area contributed by atoms with Crippen LogP contribution in [0.5, 0.6) is 0 Å². The van der Waals surface area contributed by atoms with Gasteiger partial charge < -0.3 is 4.57 Å². The molecule has 3 heterocycles. The number of benzene rings is 2. The fraction of sp³-hybridized carbons (Fsp3) is 0.0500. The van der Waals surface area contributed by atoms with Crippen molar-refractivity contribution in [2.75, 3.05) is 0 Å². The van der Waals surface area contributed by atoms with E-state index in [1.807, 2.05) is 33.2 Å². The van der Waals surface area contributed by atoms with Crippen molar-refractivity contribution in [3.63, 3.8) is 0 Å². The first-order valence-corrected chi connectivity index (χ1v) is 8.21. The molecule has 0 bridgehead atoms. The Bertz CT molecular complexity index is 1340. The van der Waals surface area contributed by atoms with Crippen LogP contribution in [-0.4, -0.2) is 18.9 Å². The summed E-state index contributed by atoms with van der Waals surface area (Å²) in [7, 11) is 0. The van der Waals surface area contributed by atoms with Gasteiger partial charge in [0.05, 0.1) is 23.0 Å². The van der Waals surface area contributed by atoms with Crippen molar-refractivity contribution in [1.82, 2.24) is 18.9 Å². The zero-order valence-corrected chi connectivity index (χ0v) is 13.6. The van der Waals surface area contributed by atoms with Gasteiger partial charge in [-0.05, 0) is 42.0 Å². The van der Waals surface area contributed by atoms with E-state index in [9.17, 15) is 9.18 Å². The summed E-state index contributed by atoms with van der Waals surface area (Å²) in [5.41, 5.74) is 3.04. The highest BCUT2D eigenvalue weighted by molar-refractivity contribution is 5.87. The molecule has 0 aliphatic rings. The molecule has 26 heavy (non-hydrogen) atoms. The second kappa shape index (κ2) is 5.49. The Morgan fingerprint density at radius 2 is 1.69 bits per heavy atom. The van der Waals surface area contributed by atoms with Crippen molar-refractivity contribution < 1.29 is 4.39 Å². The van der Waals surface area contributed by atoms with E-state index >= 15 is 0 Å². The summed E-state index contributed by atoms with van der Waals surface area (Å²) in [6, 6.07) is 17.6. The lowest BCUT2D eigenvalue weighted by molar-refractivity contribution is 0.626. The molecule has 5 rings (SSSR count). The van der Waals surface area contributed by atoms with Crippen LogP contribution < -0.4 is 5.56 Å². The molecule has 3 aromatic heterocycles. The van der Waals surface area contributed by atoms with Gasteiger partial charge in [0.2, 0.25) is 5.78 Å². The number of halogens is 1. The normalized spacial score (nSPS) is 11.6. The van der Waals surface area contributed by atoms with Crippen LogP contribution in [0.4, 0.5) is 4.39 Å². The van der Waals surface area contributed by atoms with Crippen LogP contribution >= 0.6 is 0 Å². The van der Waals surface area contributed by atoms with E-state index in [1.54, 1.807) is 30.5 Å². The minimum Gasteiger partial charge on any atom is -0.305 e. The molecule has 0 aliphatic heterocycles. The van der Waals surface area contributed by atoms with Gasteiger partial charge in [0.1, 0.15) is 5.82 Å². The van der Waals surface area contributed by atoms with E-state index in [0.29, 0.717) is 23.4 Å². The Hall–Kier alpha value is -3.54. The van der Waals surface area contributed by atoms with Gasteiger partial charge in [-0.25, -0.2) is 9.37 Å². The van der Waals surface area contributed by atoms with Crippen LogP contribution in [0.2, 0.25) is 0 Å². The topological polar surface area (TPSA) is 52.2 Å². The molecule has 0 unspecified atom stereocenters. The maximum Gasteiger partial charge on any atom is 0.284 e. The Labute approximate surface area is 147 Å². The van der Waals surface area contributed by atoms with Crippen LogP contribution in [0.3, 0.4) is 0 Å². The highest BCUT2D eigenvalue weighted by Gasteiger charge is 2.16. The van der Waals surface area contributed by atoms with Gasteiger partial charge >= 0.3 is 0 Å². The minimum absolute atomic E-state index is 0.277. The molecule has 0 fully saturated rings. The van der Waals surface area contributed by atoms with E-state index in [4.69, 9.17) is 0 Å². The highest BCUT2D eigenvalue weighted by Crippen LogP contribution is 2.23. The Morgan fingerprint density at radius 3 is 2.50 bits per heavy atom. The molecule has 0 saturated carbocycles. The number of para-hydroxylation sites is 2. The van der Waals surface area contributed by atoms with Crippen molar-refractivity contribution in [1.29, 1.82) is 0 Å². The van der Waals surface area contributed by atoms with E-state index in [0.717, 1.165) is 16.6 Å². The smallest absolute Gasteiger partial charge is 0.284 e. The number of aromatic nitrogens is 4. The second-order valence-electron chi connectivity index (χ2n) is 6.13. The van der Waals surface area contributed by atoms with Crippen LogP contribution in [0, 0.1) is 5.82 Å². The van der Waals surface area contributed by atoms with Crippen molar-refractivity contribution in [2.24, 2.45) is 0 Å². The van der Waals surface area contributed by atoms with Gasteiger partial charge in [0.15, 0.2) is 5.65 Å². The zero-order valence-electron chi connectivity index (χ0n) is 13.6. The first-order chi connectivity index (χ1) is 12.7. The summed E-state index contributed by atoms with van der Waals surface area (Å²) >= 11 is 0. The number of pyridine rings is 1. The average Bonchev–Trinajstić information content (AvgIpc) is 2.98. The predicted molar refractivity (Wildman–Crippen MR) is 97.8 cm³/mol. The monoisotopic (exact) mass is 344 g/mol. The Balaban J connectivity index is 1.89. The number of imidazole rings is 1. The lowest BCUT2D eigenvalue weighted by atomic mass is 10.2. The van der Waals surface area contributed by atoms with Gasteiger partial charge in [0.25, 0.3) is 5.56 Å². The SMILES string of the molecule is O=c1nc2n(Cc3ccc(F)cc3)c3ccccc3n2c2ncccc12. The number of fused-ring (bicyclic) bond motifs is 5. The fourth-order valence-electron chi connectivity index (χ4n) is 3.36. The maximum atomic E-state index is 13.2. The van der Waals surface area contributed by atoms with Crippen LogP contribution in [0.15, 0.2) is 71.7 Å². The molecule has 0 spiro atoms. The van der Waals surface area contributed by atoms with Crippen LogP contribution in [0.25, 0.3) is 27.8 Å². The highest BCUT2D eigenvalue weighted by atomic mass is 19.1. The maximum absolute atomic E-state index is 13.2. The van der Waals surface area contributed by atoms with Crippen molar-refractivity contribution in [3.8, 4) is 0 Å². The Morgan fingerprint density at radius 1 is 0.923 bits per heavy atom. The summed E-state index contributed by atoms with van der Waals surface area (Å²) in [5, 5.41) is 0.481. The van der Waals surface area contributed by atoms with Gasteiger partial charge in [-0.2, -0.15) is 4.98 Å². The summed E-state index contributed by atoms with van der Waals surface area (Å²) in [6.07, 6.45) is 1.67. The van der Waals surface area contributed by atoms with Crippen molar-refractivity contribution in [3.05, 3.63) is 88.6 Å². The van der Waals surface area contributed by atoms with Gasteiger partial charge in [-0.15, -0.1) is 0 Å². The van der Waals surface area contributed by atoms with Crippen LogP contribution in [-0.2, 0) is 6.54 Å². The van der Waals surface area contributed by atoms with E-state index in [-0.39, 0.29) is 11.4 Å². The summed E-state index contributed by atoms with van der Waals surface area (Å²) in [4.78, 5) is 21.2.